The van der Waals surface area contributed by atoms with E-state index in [9.17, 15) is 15.3 Å². The normalized spacial score (nSPS) is 21.4. The van der Waals surface area contributed by atoms with Crippen LogP contribution in [0.15, 0.2) is 91.5 Å². The van der Waals surface area contributed by atoms with Crippen LogP contribution in [0.1, 0.15) is 22.9 Å². The van der Waals surface area contributed by atoms with Gasteiger partial charge in [0.2, 0.25) is 0 Å². The van der Waals surface area contributed by atoms with Crippen LogP contribution in [0.25, 0.3) is 11.2 Å². The van der Waals surface area contributed by atoms with E-state index in [1.54, 1.807) is 14.2 Å². The zero-order chi connectivity index (χ0) is 29.4. The first kappa shape index (κ1) is 28.1. The van der Waals surface area contributed by atoms with Gasteiger partial charge in [-0.3, -0.25) is 4.57 Å². The lowest BCUT2D eigenvalue weighted by atomic mass is 9.64. The number of nitrogens with zero attached hydrogens (tertiary/aromatic N) is 4. The van der Waals surface area contributed by atoms with Crippen molar-refractivity contribution in [3.8, 4) is 11.5 Å². The van der Waals surface area contributed by atoms with Crippen molar-refractivity contribution in [3.05, 3.63) is 113 Å². The maximum atomic E-state index is 12.5. The molecule has 216 valence electrons. The predicted octanol–water partition coefficient (Wildman–Crippen LogP) is 3.51. The third-order valence-corrected chi connectivity index (χ3v) is 8.21. The second-order valence-corrected chi connectivity index (χ2v) is 10.4. The molecule has 0 saturated carbocycles. The number of methoxy groups -OCH3 is 2. The summed E-state index contributed by atoms with van der Waals surface area (Å²) in [6.45, 7) is 0. The van der Waals surface area contributed by atoms with Crippen LogP contribution in [0.3, 0.4) is 0 Å². The Hall–Kier alpha value is -4.06. The van der Waals surface area contributed by atoms with Gasteiger partial charge in [0.05, 0.1) is 26.0 Å². The largest absolute Gasteiger partial charge is 0.497 e. The van der Waals surface area contributed by atoms with Crippen LogP contribution >= 0.6 is 11.6 Å². The number of ether oxygens (including phenoxy) is 3. The summed E-state index contributed by atoms with van der Waals surface area (Å²) in [7, 11) is 3.17. The molecule has 0 amide bonds. The molecule has 5 atom stereocenters. The topological polar surface area (TPSA) is 132 Å². The number of hydrogen-bond acceptors (Lipinski definition) is 9. The number of hydrogen-bond donors (Lipinski definition) is 3. The first-order chi connectivity index (χ1) is 20.4. The standard InChI is InChI=1S/C31H29ClN4O6/c1-40-21-12-8-19(9-13-21)31(18-6-4-3-5-7-18,20-10-14-22(41-2)15-11-20)27(39)26-24(37)25(38)30(42-26)36-17-35-23-28(32)33-16-34-29(23)36/h3-17,24-27,30,37-39H,1-2H3/t24-,25+,26-,27?,30+/m0/s1. The van der Waals surface area contributed by atoms with E-state index < -0.39 is 36.1 Å². The fourth-order valence-corrected chi connectivity index (χ4v) is 6.03. The van der Waals surface area contributed by atoms with Crippen LogP contribution < -0.4 is 9.47 Å². The summed E-state index contributed by atoms with van der Waals surface area (Å²) < 4.78 is 18.6. The Morgan fingerprint density at radius 1 is 0.810 bits per heavy atom. The molecule has 2 aromatic heterocycles. The molecule has 11 heteroatoms. The molecule has 0 radical (unpaired) electrons. The molecule has 3 heterocycles. The van der Waals surface area contributed by atoms with Gasteiger partial charge in [0.25, 0.3) is 0 Å². The van der Waals surface area contributed by atoms with E-state index in [2.05, 4.69) is 15.0 Å². The minimum atomic E-state index is -1.47. The van der Waals surface area contributed by atoms with E-state index in [1.807, 2.05) is 78.9 Å². The number of fused-ring (bicyclic) bond motifs is 1. The van der Waals surface area contributed by atoms with E-state index in [0.717, 1.165) is 5.56 Å². The van der Waals surface area contributed by atoms with Gasteiger partial charge in [-0.05, 0) is 41.0 Å². The van der Waals surface area contributed by atoms with Gasteiger partial charge in [0, 0.05) is 0 Å². The Bertz CT molecular complexity index is 1620. The molecule has 3 aromatic carbocycles. The fraction of sp³-hybridized carbons (Fsp3) is 0.258. The number of aliphatic hydroxyl groups is 3. The van der Waals surface area contributed by atoms with Gasteiger partial charge in [-0.25, -0.2) is 15.0 Å². The molecule has 1 aliphatic rings. The average molecular weight is 589 g/mol. The molecular weight excluding hydrogens is 560 g/mol. The summed E-state index contributed by atoms with van der Waals surface area (Å²) in [6.07, 6.45) is -3.96. The lowest BCUT2D eigenvalue weighted by Crippen LogP contribution is -2.52. The second-order valence-electron chi connectivity index (χ2n) is 10.0. The molecule has 0 bridgehead atoms. The van der Waals surface area contributed by atoms with E-state index in [0.29, 0.717) is 33.8 Å². The van der Waals surface area contributed by atoms with Crippen molar-refractivity contribution >= 4 is 22.8 Å². The van der Waals surface area contributed by atoms with Crippen LogP contribution in [0.5, 0.6) is 11.5 Å². The summed E-state index contributed by atoms with van der Waals surface area (Å²) in [5.74, 6) is 1.29. The monoisotopic (exact) mass is 588 g/mol. The molecule has 10 nitrogen and oxygen atoms in total. The summed E-state index contributed by atoms with van der Waals surface area (Å²) in [5.41, 5.74) is 1.56. The molecule has 0 spiro atoms. The molecule has 5 aromatic rings. The van der Waals surface area contributed by atoms with Crippen molar-refractivity contribution in [1.82, 2.24) is 19.5 Å². The highest BCUT2D eigenvalue weighted by molar-refractivity contribution is 6.33. The van der Waals surface area contributed by atoms with Gasteiger partial charge in [-0.1, -0.05) is 66.2 Å². The Kier molecular flexibility index (Phi) is 7.56. The van der Waals surface area contributed by atoms with Crippen molar-refractivity contribution < 1.29 is 29.5 Å². The Morgan fingerprint density at radius 3 is 1.95 bits per heavy atom. The number of halogens is 1. The molecule has 0 aliphatic carbocycles. The molecule has 6 rings (SSSR count). The van der Waals surface area contributed by atoms with E-state index in [4.69, 9.17) is 25.8 Å². The Labute approximate surface area is 246 Å². The number of benzene rings is 3. The zero-order valence-corrected chi connectivity index (χ0v) is 23.5. The molecule has 1 unspecified atom stereocenters. The van der Waals surface area contributed by atoms with Gasteiger partial charge in [0.1, 0.15) is 47.8 Å². The maximum absolute atomic E-state index is 12.5. The third kappa shape index (κ3) is 4.48. The average Bonchev–Trinajstić information content (AvgIpc) is 3.59. The van der Waals surface area contributed by atoms with Crippen LogP contribution in [0.2, 0.25) is 5.15 Å². The van der Waals surface area contributed by atoms with Crippen molar-refractivity contribution in [1.29, 1.82) is 0 Å². The van der Waals surface area contributed by atoms with Gasteiger partial charge < -0.3 is 29.5 Å². The summed E-state index contributed by atoms with van der Waals surface area (Å²) in [4.78, 5) is 12.5. The van der Waals surface area contributed by atoms with E-state index in [-0.39, 0.29) is 5.15 Å². The second kappa shape index (κ2) is 11.3. The number of aliphatic hydroxyl groups excluding tert-OH is 3. The van der Waals surface area contributed by atoms with Crippen LogP contribution in [-0.2, 0) is 10.2 Å². The Morgan fingerprint density at radius 2 is 1.38 bits per heavy atom. The highest BCUT2D eigenvalue weighted by Crippen LogP contribution is 2.47. The van der Waals surface area contributed by atoms with E-state index >= 15 is 0 Å². The smallest absolute Gasteiger partial charge is 0.167 e. The lowest BCUT2D eigenvalue weighted by molar-refractivity contribution is -0.0972. The lowest BCUT2D eigenvalue weighted by Gasteiger charge is -2.42. The fourth-order valence-electron chi connectivity index (χ4n) is 5.85. The van der Waals surface area contributed by atoms with Crippen LogP contribution in [-0.4, -0.2) is 73.5 Å². The molecule has 1 aliphatic heterocycles. The summed E-state index contributed by atoms with van der Waals surface area (Å²) in [5, 5.41) is 35.3. The maximum Gasteiger partial charge on any atom is 0.167 e. The van der Waals surface area contributed by atoms with Crippen molar-refractivity contribution in [2.45, 2.75) is 36.1 Å². The van der Waals surface area contributed by atoms with Gasteiger partial charge in [0.15, 0.2) is 17.0 Å². The molecule has 1 fully saturated rings. The minimum Gasteiger partial charge on any atom is -0.497 e. The Balaban J connectivity index is 1.52. The first-order valence-electron chi connectivity index (χ1n) is 13.3. The minimum absolute atomic E-state index is 0.144. The highest BCUT2D eigenvalue weighted by Gasteiger charge is 2.55. The molecule has 42 heavy (non-hydrogen) atoms. The van der Waals surface area contributed by atoms with Crippen molar-refractivity contribution in [2.24, 2.45) is 0 Å². The summed E-state index contributed by atoms with van der Waals surface area (Å²) >= 11 is 6.19. The molecule has 3 N–H and O–H groups in total. The van der Waals surface area contributed by atoms with E-state index in [1.165, 1.54) is 17.2 Å². The van der Waals surface area contributed by atoms with Gasteiger partial charge in [-0.15, -0.1) is 0 Å². The molecular formula is C31H29ClN4O6. The van der Waals surface area contributed by atoms with Gasteiger partial charge in [-0.2, -0.15) is 0 Å². The highest BCUT2D eigenvalue weighted by atomic mass is 35.5. The number of rotatable bonds is 8. The number of aromatic nitrogens is 4. The van der Waals surface area contributed by atoms with Crippen LogP contribution in [0, 0.1) is 0 Å². The quantitative estimate of drug-likeness (QED) is 0.184. The first-order valence-corrected chi connectivity index (χ1v) is 13.6. The predicted molar refractivity (Wildman–Crippen MR) is 155 cm³/mol. The van der Waals surface area contributed by atoms with Crippen molar-refractivity contribution in [2.75, 3.05) is 14.2 Å². The van der Waals surface area contributed by atoms with Crippen molar-refractivity contribution in [3.63, 3.8) is 0 Å². The SMILES string of the molecule is COc1ccc(C(c2ccccc2)(c2ccc(OC)cc2)C(O)[C@H]2O[C@@H](n3cnc4c(Cl)ncnc43)[C@H](O)[C@@H]2O)cc1. The van der Waals surface area contributed by atoms with Gasteiger partial charge >= 0.3 is 0 Å². The molecule has 1 saturated heterocycles. The third-order valence-electron chi connectivity index (χ3n) is 7.94. The van der Waals surface area contributed by atoms with Crippen LogP contribution in [0.4, 0.5) is 0 Å². The zero-order valence-electron chi connectivity index (χ0n) is 22.8. The number of imidazole rings is 1. The summed E-state index contributed by atoms with van der Waals surface area (Å²) in [6, 6.07) is 24.2.